The van der Waals surface area contributed by atoms with E-state index < -0.39 is 0 Å². The molecule has 0 aliphatic heterocycles. The Morgan fingerprint density at radius 1 is 0.923 bits per heavy atom. The van der Waals surface area contributed by atoms with Crippen LogP contribution in [-0.2, 0) is 13.0 Å². The van der Waals surface area contributed by atoms with Gasteiger partial charge in [0.05, 0.1) is 12.4 Å². The minimum absolute atomic E-state index is 0.245. The van der Waals surface area contributed by atoms with E-state index in [4.69, 9.17) is 0 Å². The van der Waals surface area contributed by atoms with Gasteiger partial charge in [-0.05, 0) is 36.1 Å². The van der Waals surface area contributed by atoms with Crippen LogP contribution in [0.3, 0.4) is 0 Å². The van der Waals surface area contributed by atoms with Crippen LogP contribution in [0.4, 0.5) is 5.82 Å². The van der Waals surface area contributed by atoms with E-state index in [0.717, 1.165) is 24.9 Å². The molecule has 2 heterocycles. The molecule has 3 aromatic rings. The number of hydrogen-bond acceptors (Lipinski definition) is 5. The summed E-state index contributed by atoms with van der Waals surface area (Å²) in [5.74, 6) is 0.425. The van der Waals surface area contributed by atoms with Crippen molar-refractivity contribution in [2.75, 3.05) is 11.9 Å². The fourth-order valence-electron chi connectivity index (χ4n) is 2.46. The van der Waals surface area contributed by atoms with Crippen molar-refractivity contribution in [2.24, 2.45) is 0 Å². The molecular formula is C20H21N5O. The molecule has 6 nitrogen and oxygen atoms in total. The van der Waals surface area contributed by atoms with Crippen molar-refractivity contribution in [1.29, 1.82) is 0 Å². The summed E-state index contributed by atoms with van der Waals surface area (Å²) in [4.78, 5) is 24.5. The lowest BCUT2D eigenvalue weighted by molar-refractivity contribution is 0.0945. The fraction of sp³-hybridized carbons (Fsp3) is 0.200. The van der Waals surface area contributed by atoms with Gasteiger partial charge in [-0.25, -0.2) is 9.97 Å². The number of aryl methyl sites for hydroxylation is 1. The van der Waals surface area contributed by atoms with Gasteiger partial charge in [-0.3, -0.25) is 9.78 Å². The Labute approximate surface area is 152 Å². The van der Waals surface area contributed by atoms with Gasteiger partial charge in [0.2, 0.25) is 0 Å². The summed E-state index contributed by atoms with van der Waals surface area (Å²) < 4.78 is 0. The van der Waals surface area contributed by atoms with Crippen LogP contribution < -0.4 is 10.6 Å². The first kappa shape index (κ1) is 17.5. The van der Waals surface area contributed by atoms with Gasteiger partial charge in [-0.15, -0.1) is 0 Å². The number of carbonyl (C=O) groups is 1. The third-order valence-electron chi connectivity index (χ3n) is 3.88. The zero-order chi connectivity index (χ0) is 18.0. The zero-order valence-electron chi connectivity index (χ0n) is 14.4. The lowest BCUT2D eigenvalue weighted by atomic mass is 10.1. The van der Waals surface area contributed by atoms with E-state index in [-0.39, 0.29) is 5.91 Å². The molecule has 0 saturated carbocycles. The molecule has 0 aliphatic carbocycles. The molecule has 6 heteroatoms. The number of carbonyl (C=O) groups excluding carboxylic acids is 1. The van der Waals surface area contributed by atoms with Gasteiger partial charge in [-0.2, -0.15) is 0 Å². The number of nitrogens with one attached hydrogen (secondary N) is 2. The van der Waals surface area contributed by atoms with Crippen molar-refractivity contribution in [3.63, 3.8) is 0 Å². The van der Waals surface area contributed by atoms with Gasteiger partial charge in [0, 0.05) is 25.5 Å². The fourth-order valence-corrected chi connectivity index (χ4v) is 2.46. The molecule has 2 N–H and O–H groups in total. The van der Waals surface area contributed by atoms with Gasteiger partial charge >= 0.3 is 0 Å². The van der Waals surface area contributed by atoms with Crippen LogP contribution in [0.1, 0.15) is 28.0 Å². The summed E-state index contributed by atoms with van der Waals surface area (Å²) in [7, 11) is 0. The first-order chi connectivity index (χ1) is 12.8. The Morgan fingerprint density at radius 2 is 1.73 bits per heavy atom. The number of amides is 1. The molecule has 26 heavy (non-hydrogen) atoms. The lowest BCUT2D eigenvalue weighted by Gasteiger charge is -2.07. The molecule has 0 saturated heterocycles. The Hall–Kier alpha value is -3.28. The zero-order valence-corrected chi connectivity index (χ0v) is 14.4. The second kappa shape index (κ2) is 9.27. The van der Waals surface area contributed by atoms with Crippen LogP contribution in [0, 0.1) is 0 Å². The van der Waals surface area contributed by atoms with Crippen LogP contribution in [0.15, 0.2) is 67.3 Å². The summed E-state index contributed by atoms with van der Waals surface area (Å²) in [6.45, 7) is 1.24. The highest BCUT2D eigenvalue weighted by Crippen LogP contribution is 2.05. The molecule has 0 unspecified atom stereocenters. The van der Waals surface area contributed by atoms with E-state index in [1.807, 2.05) is 30.3 Å². The molecule has 0 spiro atoms. The lowest BCUT2D eigenvalue weighted by Crippen LogP contribution is -2.24. The summed E-state index contributed by atoms with van der Waals surface area (Å²) in [6.07, 6.45) is 8.47. The number of hydrogen-bond donors (Lipinski definition) is 2. The first-order valence-corrected chi connectivity index (χ1v) is 8.58. The van der Waals surface area contributed by atoms with Crippen molar-refractivity contribution in [2.45, 2.75) is 19.4 Å². The van der Waals surface area contributed by atoms with Gasteiger partial charge in [0.25, 0.3) is 5.91 Å². The van der Waals surface area contributed by atoms with E-state index in [0.29, 0.717) is 18.1 Å². The van der Waals surface area contributed by atoms with E-state index in [2.05, 4.69) is 37.7 Å². The highest BCUT2D eigenvalue weighted by Gasteiger charge is 2.07. The summed E-state index contributed by atoms with van der Waals surface area (Å²) in [6, 6.07) is 14.1. The average molecular weight is 347 g/mol. The molecular weight excluding hydrogens is 326 g/mol. The Morgan fingerprint density at radius 3 is 2.46 bits per heavy atom. The van der Waals surface area contributed by atoms with Gasteiger partial charge in [0.15, 0.2) is 0 Å². The van der Waals surface area contributed by atoms with Crippen molar-refractivity contribution in [3.8, 4) is 0 Å². The van der Waals surface area contributed by atoms with E-state index >= 15 is 0 Å². The quantitative estimate of drug-likeness (QED) is 0.613. The van der Waals surface area contributed by atoms with Crippen LogP contribution in [0.5, 0.6) is 0 Å². The van der Waals surface area contributed by atoms with Crippen molar-refractivity contribution in [3.05, 3.63) is 84.1 Å². The maximum atomic E-state index is 12.1. The number of nitrogens with zero attached hydrogens (tertiary/aromatic N) is 3. The van der Waals surface area contributed by atoms with Gasteiger partial charge in [0.1, 0.15) is 11.5 Å². The standard InChI is InChI=1S/C20H21N5O/c26-20(25-13-17-8-11-21-12-9-17)18-14-24-19(15-23-18)22-10-4-7-16-5-2-1-3-6-16/h1-3,5-6,8-9,11-12,14-15H,4,7,10,13H2,(H,22,24)(H,25,26). The number of rotatable bonds is 8. The third kappa shape index (κ3) is 5.37. The average Bonchev–Trinajstić information content (AvgIpc) is 2.71. The summed E-state index contributed by atoms with van der Waals surface area (Å²) >= 11 is 0. The van der Waals surface area contributed by atoms with Crippen molar-refractivity contribution < 1.29 is 4.79 Å². The van der Waals surface area contributed by atoms with E-state index in [1.165, 1.54) is 11.8 Å². The minimum Gasteiger partial charge on any atom is -0.369 e. The molecule has 0 radical (unpaired) electrons. The Bertz CT molecular complexity index is 807. The van der Waals surface area contributed by atoms with E-state index in [1.54, 1.807) is 18.6 Å². The highest BCUT2D eigenvalue weighted by molar-refractivity contribution is 5.91. The maximum absolute atomic E-state index is 12.1. The largest absolute Gasteiger partial charge is 0.369 e. The molecule has 0 atom stereocenters. The molecule has 132 valence electrons. The van der Waals surface area contributed by atoms with Crippen molar-refractivity contribution >= 4 is 11.7 Å². The van der Waals surface area contributed by atoms with Crippen molar-refractivity contribution in [1.82, 2.24) is 20.3 Å². The predicted octanol–water partition coefficient (Wildman–Crippen LogP) is 2.85. The second-order valence-corrected chi connectivity index (χ2v) is 5.84. The Balaban J connectivity index is 1.42. The topological polar surface area (TPSA) is 79.8 Å². The normalized spacial score (nSPS) is 10.3. The molecule has 1 amide bonds. The van der Waals surface area contributed by atoms with Gasteiger partial charge < -0.3 is 10.6 Å². The summed E-state index contributed by atoms with van der Waals surface area (Å²) in [5.41, 5.74) is 2.61. The van der Waals surface area contributed by atoms with E-state index in [9.17, 15) is 4.79 Å². The first-order valence-electron chi connectivity index (χ1n) is 8.58. The number of aromatic nitrogens is 3. The maximum Gasteiger partial charge on any atom is 0.271 e. The summed E-state index contributed by atoms with van der Waals surface area (Å²) in [5, 5.41) is 6.04. The molecule has 0 aliphatic rings. The smallest absolute Gasteiger partial charge is 0.271 e. The monoisotopic (exact) mass is 347 g/mol. The molecule has 1 aromatic carbocycles. The van der Waals surface area contributed by atoms with Crippen LogP contribution >= 0.6 is 0 Å². The SMILES string of the molecule is O=C(NCc1ccncc1)c1cnc(NCCCc2ccccc2)cn1. The predicted molar refractivity (Wildman–Crippen MR) is 101 cm³/mol. The molecule has 0 fully saturated rings. The highest BCUT2D eigenvalue weighted by atomic mass is 16.1. The minimum atomic E-state index is -0.245. The molecule has 3 rings (SSSR count). The van der Waals surface area contributed by atoms with Crippen LogP contribution in [0.25, 0.3) is 0 Å². The Kier molecular flexibility index (Phi) is 6.25. The molecule has 2 aromatic heterocycles. The molecule has 0 bridgehead atoms. The van der Waals surface area contributed by atoms with Crippen LogP contribution in [0.2, 0.25) is 0 Å². The number of benzene rings is 1. The third-order valence-corrected chi connectivity index (χ3v) is 3.88. The number of pyridine rings is 1. The van der Waals surface area contributed by atoms with Crippen LogP contribution in [-0.4, -0.2) is 27.4 Å². The second-order valence-electron chi connectivity index (χ2n) is 5.84. The number of anilines is 1. The van der Waals surface area contributed by atoms with Gasteiger partial charge in [-0.1, -0.05) is 30.3 Å².